The number of nitrogens with one attached hydrogen (secondary N) is 1. The summed E-state index contributed by atoms with van der Waals surface area (Å²) in [6.07, 6.45) is 4.06. The maximum atomic E-state index is 12.9. The molecule has 1 aliphatic carbocycles. The number of carbonyl (C=O) groups is 1. The van der Waals surface area contributed by atoms with Crippen molar-refractivity contribution in [3.8, 4) is 11.5 Å². The highest BCUT2D eigenvalue weighted by molar-refractivity contribution is 5.91. The zero-order chi connectivity index (χ0) is 22.9. The molecule has 0 bridgehead atoms. The van der Waals surface area contributed by atoms with Gasteiger partial charge in [0.05, 0.1) is 14.2 Å². The second kappa shape index (κ2) is 9.02. The molecule has 1 aliphatic heterocycles. The summed E-state index contributed by atoms with van der Waals surface area (Å²) in [6, 6.07) is 14.9. The lowest BCUT2D eigenvalue weighted by molar-refractivity contribution is 0.155. The van der Waals surface area contributed by atoms with Gasteiger partial charge in [0, 0.05) is 30.2 Å². The second-order valence-electron chi connectivity index (χ2n) is 9.29. The van der Waals surface area contributed by atoms with Crippen molar-refractivity contribution >= 4 is 11.7 Å². The minimum Gasteiger partial charge on any atom is -0.493 e. The van der Waals surface area contributed by atoms with Gasteiger partial charge < -0.3 is 19.7 Å². The van der Waals surface area contributed by atoms with E-state index in [0.29, 0.717) is 6.04 Å². The monoisotopic (exact) mass is 437 g/mol. The van der Waals surface area contributed by atoms with E-state index in [9.17, 15) is 4.79 Å². The zero-order valence-electron chi connectivity index (χ0n) is 19.9. The number of anilines is 1. The van der Waals surface area contributed by atoms with E-state index in [2.05, 4.69) is 36.3 Å². The Labute approximate surface area is 191 Å². The number of ether oxygens (including phenoxy) is 2. The van der Waals surface area contributed by atoms with Crippen molar-refractivity contribution in [2.45, 2.75) is 50.1 Å². The van der Waals surface area contributed by atoms with Gasteiger partial charge in [0.2, 0.25) is 0 Å². The predicted molar refractivity (Wildman–Crippen MR) is 128 cm³/mol. The van der Waals surface area contributed by atoms with E-state index < -0.39 is 0 Å². The fourth-order valence-electron chi connectivity index (χ4n) is 5.55. The third-order valence-electron chi connectivity index (χ3n) is 7.54. The highest BCUT2D eigenvalue weighted by Gasteiger charge is 2.50. The van der Waals surface area contributed by atoms with Crippen molar-refractivity contribution in [2.24, 2.45) is 0 Å². The number of hydrogen-bond donors (Lipinski definition) is 1. The molecule has 6 heteroatoms. The lowest BCUT2D eigenvalue weighted by Gasteiger charge is -2.45. The number of aryl methyl sites for hydroxylation is 1. The van der Waals surface area contributed by atoms with Gasteiger partial charge >= 0.3 is 6.03 Å². The van der Waals surface area contributed by atoms with E-state index >= 15 is 0 Å². The van der Waals surface area contributed by atoms with Gasteiger partial charge in [-0.15, -0.1) is 0 Å². The number of urea groups is 1. The lowest BCUT2D eigenvalue weighted by atomic mass is 9.65. The van der Waals surface area contributed by atoms with Crippen LogP contribution in [-0.2, 0) is 5.41 Å². The number of benzene rings is 2. The van der Waals surface area contributed by atoms with Crippen LogP contribution in [0.4, 0.5) is 10.5 Å². The van der Waals surface area contributed by atoms with E-state index in [-0.39, 0.29) is 17.5 Å². The summed E-state index contributed by atoms with van der Waals surface area (Å²) >= 11 is 0. The molecule has 6 nitrogen and oxygen atoms in total. The molecule has 0 aromatic heterocycles. The molecule has 2 aromatic rings. The van der Waals surface area contributed by atoms with Gasteiger partial charge in [-0.05, 0) is 76.0 Å². The van der Waals surface area contributed by atoms with Crippen LogP contribution >= 0.6 is 0 Å². The van der Waals surface area contributed by atoms with Gasteiger partial charge in [-0.2, -0.15) is 0 Å². The van der Waals surface area contributed by atoms with Crippen molar-refractivity contribution in [1.82, 2.24) is 10.2 Å². The summed E-state index contributed by atoms with van der Waals surface area (Å²) in [5.74, 6) is 1.54. The number of fused-ring (bicyclic) bond motifs is 1. The highest BCUT2D eigenvalue weighted by Crippen LogP contribution is 2.49. The Hall–Kier alpha value is -2.73. The molecule has 1 heterocycles. The number of methoxy groups -OCH3 is 2. The van der Waals surface area contributed by atoms with Crippen molar-refractivity contribution in [1.29, 1.82) is 0 Å². The maximum absolute atomic E-state index is 12.9. The smallest absolute Gasteiger partial charge is 0.321 e. The number of likely N-dealkylation sites (tertiary alicyclic amines) is 1. The molecule has 0 spiro atoms. The average molecular weight is 438 g/mol. The molecular weight excluding hydrogens is 402 g/mol. The molecular formula is C26H35N3O3. The van der Waals surface area contributed by atoms with Crippen LogP contribution in [0, 0.1) is 6.92 Å². The molecule has 0 unspecified atom stereocenters. The summed E-state index contributed by atoms with van der Waals surface area (Å²) in [5, 5.41) is 3.29. The summed E-state index contributed by atoms with van der Waals surface area (Å²) in [5.41, 5.74) is 3.48. The molecule has 2 aliphatic rings. The van der Waals surface area contributed by atoms with Gasteiger partial charge in [-0.25, -0.2) is 4.79 Å². The first-order valence-corrected chi connectivity index (χ1v) is 11.4. The number of amides is 2. The Bertz CT molecular complexity index is 961. The fraction of sp³-hybridized carbons (Fsp3) is 0.500. The van der Waals surface area contributed by atoms with E-state index in [0.717, 1.165) is 49.4 Å². The number of hydrogen-bond acceptors (Lipinski definition) is 4. The molecule has 4 rings (SSSR count). The number of carbonyl (C=O) groups excluding carboxylic acids is 1. The van der Waals surface area contributed by atoms with Crippen LogP contribution < -0.4 is 19.7 Å². The largest absolute Gasteiger partial charge is 0.493 e. The standard InChI is InChI=1S/C26H35N3O3/c1-18-6-9-21(10-7-18)29(3)25(30)27-20-12-13-26(14-15-28(2)24(26)17-20)19-8-11-22(31-4)23(16-19)32-5/h6-11,16,20,24H,12-15,17H2,1-5H3,(H,27,30)/t20-,24+,26-/m0/s1. The summed E-state index contributed by atoms with van der Waals surface area (Å²) in [4.78, 5) is 17.1. The molecule has 32 heavy (non-hydrogen) atoms. The first kappa shape index (κ1) is 22.5. The minimum atomic E-state index is -0.0434. The Morgan fingerprint density at radius 1 is 1.09 bits per heavy atom. The highest BCUT2D eigenvalue weighted by atomic mass is 16.5. The van der Waals surface area contributed by atoms with Gasteiger partial charge in [0.1, 0.15) is 0 Å². The summed E-state index contributed by atoms with van der Waals surface area (Å²) in [7, 11) is 7.40. The Morgan fingerprint density at radius 3 is 2.50 bits per heavy atom. The van der Waals surface area contributed by atoms with E-state index in [1.165, 1.54) is 11.1 Å². The predicted octanol–water partition coefficient (Wildman–Crippen LogP) is 4.35. The molecule has 1 N–H and O–H groups in total. The quantitative estimate of drug-likeness (QED) is 0.756. The molecule has 172 valence electrons. The average Bonchev–Trinajstić information content (AvgIpc) is 3.15. The van der Waals surface area contributed by atoms with Crippen LogP contribution in [0.3, 0.4) is 0 Å². The maximum Gasteiger partial charge on any atom is 0.321 e. The number of rotatable bonds is 5. The van der Waals surface area contributed by atoms with Crippen molar-refractivity contribution < 1.29 is 14.3 Å². The second-order valence-corrected chi connectivity index (χ2v) is 9.29. The third-order valence-corrected chi connectivity index (χ3v) is 7.54. The molecule has 2 aromatic carbocycles. The summed E-state index contributed by atoms with van der Waals surface area (Å²) in [6.45, 7) is 3.11. The first-order chi connectivity index (χ1) is 15.4. The van der Waals surface area contributed by atoms with Crippen LogP contribution in [0.15, 0.2) is 42.5 Å². The van der Waals surface area contributed by atoms with Gasteiger partial charge in [-0.1, -0.05) is 23.8 Å². The molecule has 3 atom stereocenters. The van der Waals surface area contributed by atoms with Crippen molar-refractivity contribution in [2.75, 3.05) is 39.8 Å². The molecule has 1 saturated heterocycles. The van der Waals surface area contributed by atoms with Crippen LogP contribution in [-0.4, -0.2) is 57.9 Å². The molecule has 0 radical (unpaired) electrons. The number of nitrogens with zero attached hydrogens (tertiary/aromatic N) is 2. The van der Waals surface area contributed by atoms with Crippen LogP contribution in [0.5, 0.6) is 11.5 Å². The first-order valence-electron chi connectivity index (χ1n) is 11.4. The van der Waals surface area contributed by atoms with Crippen LogP contribution in [0.1, 0.15) is 36.8 Å². The topological polar surface area (TPSA) is 54.0 Å². The Kier molecular flexibility index (Phi) is 6.33. The fourth-order valence-corrected chi connectivity index (χ4v) is 5.55. The van der Waals surface area contributed by atoms with Gasteiger partial charge in [-0.3, -0.25) is 4.90 Å². The molecule has 2 fully saturated rings. The normalized spacial score (nSPS) is 25.2. The van der Waals surface area contributed by atoms with Crippen LogP contribution in [0.2, 0.25) is 0 Å². The molecule has 2 amide bonds. The summed E-state index contributed by atoms with van der Waals surface area (Å²) < 4.78 is 11.0. The Morgan fingerprint density at radius 2 is 1.81 bits per heavy atom. The van der Waals surface area contributed by atoms with Crippen molar-refractivity contribution in [3.63, 3.8) is 0 Å². The Balaban J connectivity index is 1.50. The minimum absolute atomic E-state index is 0.0434. The lowest BCUT2D eigenvalue weighted by Crippen LogP contribution is -2.53. The molecule has 1 saturated carbocycles. The zero-order valence-corrected chi connectivity index (χ0v) is 19.9. The van der Waals surface area contributed by atoms with E-state index in [4.69, 9.17) is 9.47 Å². The van der Waals surface area contributed by atoms with Crippen LogP contribution in [0.25, 0.3) is 0 Å². The van der Waals surface area contributed by atoms with E-state index in [1.54, 1.807) is 19.1 Å². The van der Waals surface area contributed by atoms with Crippen molar-refractivity contribution in [3.05, 3.63) is 53.6 Å². The number of likely N-dealkylation sites (N-methyl/N-ethyl adjacent to an activating group) is 1. The van der Waals surface area contributed by atoms with E-state index in [1.807, 2.05) is 37.4 Å². The van der Waals surface area contributed by atoms with Gasteiger partial charge in [0.25, 0.3) is 0 Å². The van der Waals surface area contributed by atoms with Gasteiger partial charge in [0.15, 0.2) is 11.5 Å². The SMILES string of the molecule is COc1ccc([C@@]23CC[C@H](NC(=O)N(C)c4ccc(C)cc4)C[C@H]2N(C)CC3)cc1OC. The third kappa shape index (κ3) is 4.04.